The van der Waals surface area contributed by atoms with Crippen LogP contribution in [0.3, 0.4) is 0 Å². The topological polar surface area (TPSA) is 0 Å². The van der Waals surface area contributed by atoms with Crippen molar-refractivity contribution in [1.82, 2.24) is 0 Å². The predicted molar refractivity (Wildman–Crippen MR) is 166 cm³/mol. The van der Waals surface area contributed by atoms with E-state index in [0.29, 0.717) is 0 Å². The van der Waals surface area contributed by atoms with Crippen LogP contribution in [-0.4, -0.2) is 0 Å². The minimum atomic E-state index is 1.24. The largest absolute Gasteiger partial charge is 0.144 e. The van der Waals surface area contributed by atoms with Crippen LogP contribution in [0.15, 0.2) is 53.9 Å². The molecule has 0 saturated heterocycles. The average molecular weight is 547 g/mol. The first kappa shape index (κ1) is 22.4. The van der Waals surface area contributed by atoms with Crippen molar-refractivity contribution in [3.8, 4) is 9.75 Å². The quantitative estimate of drug-likeness (QED) is 0.166. The van der Waals surface area contributed by atoms with Gasteiger partial charge in [-0.1, -0.05) is 39.0 Å². The molecular formula is C30H26S5. The first-order valence-electron chi connectivity index (χ1n) is 12.6. The SMILES string of the molecule is CCCCCCCCc1ccc(-c2cc3cc4c(cc3s2)sc2c3cc5ccsc5cc3sc42)s1. The van der Waals surface area contributed by atoms with Gasteiger partial charge >= 0.3 is 0 Å². The van der Waals surface area contributed by atoms with Gasteiger partial charge in [-0.3, -0.25) is 0 Å². The summed E-state index contributed by atoms with van der Waals surface area (Å²) in [6.45, 7) is 2.29. The fourth-order valence-corrected chi connectivity index (χ4v) is 10.9. The Morgan fingerprint density at radius 1 is 0.571 bits per heavy atom. The van der Waals surface area contributed by atoms with Crippen LogP contribution in [-0.2, 0) is 6.42 Å². The van der Waals surface area contributed by atoms with E-state index in [1.165, 1.54) is 104 Å². The molecule has 7 rings (SSSR count). The highest BCUT2D eigenvalue weighted by Gasteiger charge is 2.16. The lowest BCUT2D eigenvalue weighted by Gasteiger charge is -1.99. The first-order chi connectivity index (χ1) is 17.3. The Balaban J connectivity index is 1.19. The van der Waals surface area contributed by atoms with Crippen molar-refractivity contribution in [3.05, 3.63) is 58.8 Å². The summed E-state index contributed by atoms with van der Waals surface area (Å²) in [6.07, 6.45) is 9.45. The van der Waals surface area contributed by atoms with Gasteiger partial charge in [0, 0.05) is 44.2 Å². The van der Waals surface area contributed by atoms with Crippen molar-refractivity contribution in [2.45, 2.75) is 51.9 Å². The van der Waals surface area contributed by atoms with Crippen LogP contribution in [0.4, 0.5) is 0 Å². The number of rotatable bonds is 8. The molecule has 0 saturated carbocycles. The van der Waals surface area contributed by atoms with Crippen LogP contribution in [0.2, 0.25) is 0 Å². The number of hydrogen-bond donors (Lipinski definition) is 0. The summed E-state index contributed by atoms with van der Waals surface area (Å²) in [5.74, 6) is 0. The second-order valence-corrected chi connectivity index (χ2v) is 14.8. The maximum Gasteiger partial charge on any atom is 0.0542 e. The van der Waals surface area contributed by atoms with Gasteiger partial charge in [-0.15, -0.1) is 56.7 Å². The van der Waals surface area contributed by atoms with Crippen molar-refractivity contribution < 1.29 is 0 Å². The van der Waals surface area contributed by atoms with Gasteiger partial charge < -0.3 is 0 Å². The maximum atomic E-state index is 2.45. The lowest BCUT2D eigenvalue weighted by molar-refractivity contribution is 0.609. The highest BCUT2D eigenvalue weighted by molar-refractivity contribution is 7.37. The molecule has 0 aliphatic heterocycles. The van der Waals surface area contributed by atoms with Crippen LogP contribution in [0.1, 0.15) is 50.3 Å². The summed E-state index contributed by atoms with van der Waals surface area (Å²) < 4.78 is 8.58. The Morgan fingerprint density at radius 3 is 2.14 bits per heavy atom. The van der Waals surface area contributed by atoms with Gasteiger partial charge in [0.05, 0.1) is 9.40 Å². The van der Waals surface area contributed by atoms with Crippen molar-refractivity contribution >= 4 is 106 Å². The Kier molecular flexibility index (Phi) is 5.95. The van der Waals surface area contributed by atoms with E-state index in [1.54, 1.807) is 4.88 Å². The molecule has 35 heavy (non-hydrogen) atoms. The smallest absolute Gasteiger partial charge is 0.0542 e. The number of fused-ring (bicyclic) bond motifs is 7. The van der Waals surface area contributed by atoms with Gasteiger partial charge in [0.15, 0.2) is 0 Å². The Labute approximate surface area is 225 Å². The van der Waals surface area contributed by atoms with E-state index in [1.807, 2.05) is 56.7 Å². The van der Waals surface area contributed by atoms with E-state index >= 15 is 0 Å². The van der Waals surface area contributed by atoms with E-state index in [9.17, 15) is 0 Å². The normalized spacial score (nSPS) is 12.4. The highest BCUT2D eigenvalue weighted by atomic mass is 32.1. The third kappa shape index (κ3) is 4.06. The Bertz CT molecular complexity index is 1800. The molecule has 0 fully saturated rings. The molecule has 176 valence electrons. The molecule has 0 amide bonds. The van der Waals surface area contributed by atoms with Crippen molar-refractivity contribution in [3.63, 3.8) is 0 Å². The molecule has 0 bridgehead atoms. The monoisotopic (exact) mass is 546 g/mol. The predicted octanol–water partition coefficient (Wildman–Crippen LogP) is 12.3. The molecular weight excluding hydrogens is 521 g/mol. The molecule has 0 unspecified atom stereocenters. The molecule has 0 N–H and O–H groups in total. The molecule has 0 nitrogen and oxygen atoms in total. The number of benzene rings is 2. The number of aryl methyl sites for hydroxylation is 1. The fourth-order valence-electron chi connectivity index (χ4n) is 5.10. The summed E-state index contributed by atoms with van der Waals surface area (Å²) in [7, 11) is 0. The van der Waals surface area contributed by atoms with Gasteiger partial charge in [-0.2, -0.15) is 0 Å². The van der Waals surface area contributed by atoms with E-state index < -0.39 is 0 Å². The number of thiophene rings is 5. The van der Waals surface area contributed by atoms with Crippen molar-refractivity contribution in [1.29, 1.82) is 0 Å². The van der Waals surface area contributed by atoms with E-state index in [0.717, 1.165) is 0 Å². The fraction of sp³-hybridized carbons (Fsp3) is 0.267. The molecule has 0 radical (unpaired) electrons. The van der Waals surface area contributed by atoms with Gasteiger partial charge in [-0.05, 0) is 77.5 Å². The number of hydrogen-bond acceptors (Lipinski definition) is 5. The molecule has 5 heteroatoms. The number of unbranched alkanes of at least 4 members (excludes halogenated alkanes) is 5. The summed E-state index contributed by atoms with van der Waals surface area (Å²) in [5, 5.41) is 7.82. The van der Waals surface area contributed by atoms with Crippen LogP contribution in [0.25, 0.3) is 59.5 Å². The summed E-state index contributed by atoms with van der Waals surface area (Å²) in [6, 6.07) is 19.1. The Hall–Kier alpha value is -1.76. The lowest BCUT2D eigenvalue weighted by Crippen LogP contribution is -1.82. The molecule has 0 aliphatic rings. The summed E-state index contributed by atoms with van der Waals surface area (Å²) in [5.41, 5.74) is 0. The van der Waals surface area contributed by atoms with Gasteiger partial charge in [0.25, 0.3) is 0 Å². The van der Waals surface area contributed by atoms with Crippen LogP contribution in [0, 0.1) is 0 Å². The zero-order valence-corrected chi connectivity index (χ0v) is 23.8. The minimum Gasteiger partial charge on any atom is -0.144 e. The van der Waals surface area contributed by atoms with Crippen molar-refractivity contribution in [2.24, 2.45) is 0 Å². The van der Waals surface area contributed by atoms with Gasteiger partial charge in [0.1, 0.15) is 0 Å². The highest BCUT2D eigenvalue weighted by Crippen LogP contribution is 2.48. The second-order valence-electron chi connectivity index (χ2n) is 9.45. The Morgan fingerprint density at radius 2 is 1.31 bits per heavy atom. The molecule has 5 heterocycles. The third-order valence-electron chi connectivity index (χ3n) is 6.97. The third-order valence-corrected chi connectivity index (χ3v) is 12.8. The first-order valence-corrected chi connectivity index (χ1v) is 16.7. The van der Waals surface area contributed by atoms with Gasteiger partial charge in [0.2, 0.25) is 0 Å². The van der Waals surface area contributed by atoms with Crippen LogP contribution < -0.4 is 0 Å². The molecule has 0 aliphatic carbocycles. The van der Waals surface area contributed by atoms with Crippen LogP contribution in [0.5, 0.6) is 0 Å². The van der Waals surface area contributed by atoms with E-state index in [4.69, 9.17) is 0 Å². The van der Waals surface area contributed by atoms with Crippen molar-refractivity contribution in [2.75, 3.05) is 0 Å². The summed E-state index contributed by atoms with van der Waals surface area (Å²) in [4.78, 5) is 4.40. The van der Waals surface area contributed by atoms with E-state index in [2.05, 4.69) is 60.8 Å². The standard InChI is InChI=1S/C30H26S5/c1-2-3-4-5-6-7-8-20-9-10-23(32-20)28-15-19-14-22-27(17-25(19)33-28)35-29-21-13-18-11-12-31-24(18)16-26(21)34-30(22)29/h9-17H,2-8H2,1H3. The lowest BCUT2D eigenvalue weighted by atomic mass is 10.1. The van der Waals surface area contributed by atoms with Crippen LogP contribution >= 0.6 is 56.7 Å². The molecule has 0 spiro atoms. The van der Waals surface area contributed by atoms with E-state index in [-0.39, 0.29) is 0 Å². The zero-order chi connectivity index (χ0) is 23.4. The average Bonchev–Trinajstić information content (AvgIpc) is 3.67. The molecule has 5 aromatic heterocycles. The van der Waals surface area contributed by atoms with Gasteiger partial charge in [-0.25, -0.2) is 0 Å². The molecule has 2 aromatic carbocycles. The minimum absolute atomic E-state index is 1.24. The molecule has 0 atom stereocenters. The molecule has 7 aromatic rings. The maximum absolute atomic E-state index is 2.45. The zero-order valence-electron chi connectivity index (χ0n) is 19.7. The summed E-state index contributed by atoms with van der Waals surface area (Å²) >= 11 is 9.74. The second kappa shape index (κ2) is 9.28.